The summed E-state index contributed by atoms with van der Waals surface area (Å²) < 4.78 is 12.9. The van der Waals surface area contributed by atoms with E-state index in [2.05, 4.69) is 10.6 Å². The van der Waals surface area contributed by atoms with E-state index in [-0.39, 0.29) is 23.8 Å². The molecule has 0 radical (unpaired) electrons. The number of amides is 1. The predicted molar refractivity (Wildman–Crippen MR) is 67.5 cm³/mol. The van der Waals surface area contributed by atoms with Crippen molar-refractivity contribution in [3.05, 3.63) is 29.6 Å². The Balaban J connectivity index is 2.67. The summed E-state index contributed by atoms with van der Waals surface area (Å²) in [7, 11) is 0. The number of hydrogen-bond acceptors (Lipinski definition) is 2. The summed E-state index contributed by atoms with van der Waals surface area (Å²) in [6.07, 6.45) is 0. The monoisotopic (exact) mass is 238 g/mol. The van der Waals surface area contributed by atoms with Crippen molar-refractivity contribution in [2.75, 3.05) is 5.32 Å². The van der Waals surface area contributed by atoms with E-state index >= 15 is 0 Å². The van der Waals surface area contributed by atoms with E-state index in [4.69, 9.17) is 0 Å². The SMILES string of the molecule is Cc1cc(F)ccc1NC(C)C(=O)NC(C)C. The topological polar surface area (TPSA) is 41.1 Å². The maximum absolute atomic E-state index is 12.9. The maximum Gasteiger partial charge on any atom is 0.242 e. The summed E-state index contributed by atoms with van der Waals surface area (Å²) in [4.78, 5) is 11.7. The van der Waals surface area contributed by atoms with Gasteiger partial charge in [-0.2, -0.15) is 0 Å². The Morgan fingerprint density at radius 2 is 1.94 bits per heavy atom. The lowest BCUT2D eigenvalue weighted by atomic mass is 10.1. The molecule has 1 unspecified atom stereocenters. The van der Waals surface area contributed by atoms with Crippen molar-refractivity contribution in [1.29, 1.82) is 0 Å². The number of benzene rings is 1. The smallest absolute Gasteiger partial charge is 0.242 e. The minimum absolute atomic E-state index is 0.0660. The highest BCUT2D eigenvalue weighted by atomic mass is 19.1. The van der Waals surface area contributed by atoms with Gasteiger partial charge in [0.1, 0.15) is 11.9 Å². The molecule has 1 aromatic rings. The molecule has 0 aromatic heterocycles. The van der Waals surface area contributed by atoms with Crippen LogP contribution in [0.5, 0.6) is 0 Å². The first-order valence-corrected chi connectivity index (χ1v) is 5.73. The highest BCUT2D eigenvalue weighted by Crippen LogP contribution is 2.16. The Morgan fingerprint density at radius 3 is 2.47 bits per heavy atom. The van der Waals surface area contributed by atoms with Crippen LogP contribution in [0.1, 0.15) is 26.3 Å². The van der Waals surface area contributed by atoms with Gasteiger partial charge >= 0.3 is 0 Å². The van der Waals surface area contributed by atoms with Gasteiger partial charge in [0.05, 0.1) is 0 Å². The average molecular weight is 238 g/mol. The Hall–Kier alpha value is -1.58. The molecular weight excluding hydrogens is 219 g/mol. The van der Waals surface area contributed by atoms with Crippen molar-refractivity contribution in [2.24, 2.45) is 0 Å². The number of carbonyl (C=O) groups excluding carboxylic acids is 1. The van der Waals surface area contributed by atoms with Gasteiger partial charge in [-0.3, -0.25) is 4.79 Å². The van der Waals surface area contributed by atoms with Gasteiger partial charge < -0.3 is 10.6 Å². The van der Waals surface area contributed by atoms with Gasteiger partial charge in [0, 0.05) is 11.7 Å². The Labute approximate surface area is 101 Å². The maximum atomic E-state index is 12.9. The lowest BCUT2D eigenvalue weighted by molar-refractivity contribution is -0.122. The van der Waals surface area contributed by atoms with Crippen LogP contribution < -0.4 is 10.6 Å². The molecule has 0 fully saturated rings. The van der Waals surface area contributed by atoms with E-state index in [1.165, 1.54) is 12.1 Å². The molecule has 0 aliphatic rings. The highest BCUT2D eigenvalue weighted by Gasteiger charge is 2.14. The van der Waals surface area contributed by atoms with Crippen molar-refractivity contribution in [1.82, 2.24) is 5.32 Å². The van der Waals surface area contributed by atoms with Crippen LogP contribution in [0.3, 0.4) is 0 Å². The van der Waals surface area contributed by atoms with Crippen LogP contribution in [-0.4, -0.2) is 18.0 Å². The molecule has 1 atom stereocenters. The molecule has 0 bridgehead atoms. The molecule has 1 amide bonds. The third-order valence-electron chi connectivity index (χ3n) is 2.38. The van der Waals surface area contributed by atoms with Gasteiger partial charge in [0.25, 0.3) is 0 Å². The molecule has 0 saturated carbocycles. The molecule has 1 rings (SSSR count). The van der Waals surface area contributed by atoms with E-state index < -0.39 is 0 Å². The van der Waals surface area contributed by atoms with Gasteiger partial charge in [-0.1, -0.05) is 0 Å². The standard InChI is InChI=1S/C13H19FN2O/c1-8(2)15-13(17)10(4)16-12-6-5-11(14)7-9(12)3/h5-8,10,16H,1-4H3,(H,15,17). The van der Waals surface area contributed by atoms with E-state index in [1.54, 1.807) is 19.9 Å². The third kappa shape index (κ3) is 4.06. The second-order valence-electron chi connectivity index (χ2n) is 4.49. The molecule has 0 spiro atoms. The molecule has 0 heterocycles. The molecule has 0 aliphatic heterocycles. The fraction of sp³-hybridized carbons (Fsp3) is 0.462. The summed E-state index contributed by atoms with van der Waals surface area (Å²) in [5.41, 5.74) is 1.56. The van der Waals surface area contributed by atoms with E-state index in [9.17, 15) is 9.18 Å². The van der Waals surface area contributed by atoms with Gasteiger partial charge in [-0.15, -0.1) is 0 Å². The van der Waals surface area contributed by atoms with Crippen LogP contribution in [0.2, 0.25) is 0 Å². The summed E-state index contributed by atoms with van der Waals surface area (Å²) in [6.45, 7) is 7.40. The van der Waals surface area contributed by atoms with Crippen molar-refractivity contribution < 1.29 is 9.18 Å². The number of nitrogens with one attached hydrogen (secondary N) is 2. The average Bonchev–Trinajstić information content (AvgIpc) is 2.21. The van der Waals surface area contributed by atoms with Crippen molar-refractivity contribution in [2.45, 2.75) is 39.8 Å². The zero-order chi connectivity index (χ0) is 13.0. The van der Waals surface area contributed by atoms with Crippen LogP contribution >= 0.6 is 0 Å². The zero-order valence-corrected chi connectivity index (χ0v) is 10.7. The minimum Gasteiger partial charge on any atom is -0.374 e. The summed E-state index contributed by atoms with van der Waals surface area (Å²) >= 11 is 0. The third-order valence-corrected chi connectivity index (χ3v) is 2.38. The van der Waals surface area contributed by atoms with E-state index in [1.807, 2.05) is 13.8 Å². The Morgan fingerprint density at radius 1 is 1.29 bits per heavy atom. The highest BCUT2D eigenvalue weighted by molar-refractivity contribution is 5.84. The normalized spacial score (nSPS) is 12.4. The largest absolute Gasteiger partial charge is 0.374 e. The Bertz CT molecular complexity index is 404. The Kier molecular flexibility index (Phi) is 4.49. The first kappa shape index (κ1) is 13.5. The molecule has 17 heavy (non-hydrogen) atoms. The van der Waals surface area contributed by atoms with Gasteiger partial charge in [-0.05, 0) is 51.5 Å². The lowest BCUT2D eigenvalue weighted by Crippen LogP contribution is -2.41. The first-order chi connectivity index (χ1) is 7.90. The number of anilines is 1. The van der Waals surface area contributed by atoms with Crippen LogP contribution in [0, 0.1) is 12.7 Å². The van der Waals surface area contributed by atoms with E-state index in [0.29, 0.717) is 0 Å². The molecule has 0 saturated heterocycles. The van der Waals surface area contributed by atoms with Gasteiger partial charge in [0.2, 0.25) is 5.91 Å². The molecule has 1 aromatic carbocycles. The number of hydrogen-bond donors (Lipinski definition) is 2. The summed E-state index contributed by atoms with van der Waals surface area (Å²) in [5, 5.41) is 5.88. The van der Waals surface area contributed by atoms with Gasteiger partial charge in [0.15, 0.2) is 0 Å². The molecule has 3 nitrogen and oxygen atoms in total. The molecule has 94 valence electrons. The fourth-order valence-electron chi connectivity index (χ4n) is 1.50. The minimum atomic E-state index is -0.346. The lowest BCUT2D eigenvalue weighted by Gasteiger charge is -2.18. The van der Waals surface area contributed by atoms with Crippen LogP contribution in [0.15, 0.2) is 18.2 Å². The van der Waals surface area contributed by atoms with Gasteiger partial charge in [-0.25, -0.2) is 4.39 Å². The van der Waals surface area contributed by atoms with Crippen molar-refractivity contribution >= 4 is 11.6 Å². The number of halogens is 1. The predicted octanol–water partition coefficient (Wildman–Crippen LogP) is 2.46. The number of carbonyl (C=O) groups is 1. The quantitative estimate of drug-likeness (QED) is 0.846. The van der Waals surface area contributed by atoms with Crippen molar-refractivity contribution in [3.8, 4) is 0 Å². The van der Waals surface area contributed by atoms with Crippen LogP contribution in [0.25, 0.3) is 0 Å². The zero-order valence-electron chi connectivity index (χ0n) is 10.7. The van der Waals surface area contributed by atoms with Crippen LogP contribution in [0.4, 0.5) is 10.1 Å². The van der Waals surface area contributed by atoms with E-state index in [0.717, 1.165) is 11.3 Å². The van der Waals surface area contributed by atoms with Crippen molar-refractivity contribution in [3.63, 3.8) is 0 Å². The molecule has 2 N–H and O–H groups in total. The number of aryl methyl sites for hydroxylation is 1. The first-order valence-electron chi connectivity index (χ1n) is 5.73. The second-order valence-corrected chi connectivity index (χ2v) is 4.49. The van der Waals surface area contributed by atoms with Crippen LogP contribution in [-0.2, 0) is 4.79 Å². The molecule has 4 heteroatoms. The summed E-state index contributed by atoms with van der Waals surface area (Å²) in [5.74, 6) is -0.337. The molecule has 0 aliphatic carbocycles. The summed E-state index contributed by atoms with van der Waals surface area (Å²) in [6, 6.07) is 4.23. The number of rotatable bonds is 4. The molecular formula is C13H19FN2O. The fourth-order valence-corrected chi connectivity index (χ4v) is 1.50. The second kappa shape index (κ2) is 5.66.